The Balaban J connectivity index is 1.33. The van der Waals surface area contributed by atoms with Gasteiger partial charge in [-0.25, -0.2) is 0 Å². The summed E-state index contributed by atoms with van der Waals surface area (Å²) < 4.78 is 383. The predicted molar refractivity (Wildman–Crippen MR) is 370 cm³/mol. The fourth-order valence-corrected chi connectivity index (χ4v) is 11.1. The Labute approximate surface area is 561 Å². The first-order valence-corrected chi connectivity index (χ1v) is 27.7. The van der Waals surface area contributed by atoms with E-state index in [-0.39, 0.29) is 33.0 Å². The molecule has 0 spiro atoms. The maximum Gasteiger partial charge on any atom is 0.252 e. The molecule has 15 rings (SSSR count). The lowest BCUT2D eigenvalue weighted by atomic mass is 9.33. The van der Waals surface area contributed by atoms with Gasteiger partial charge in [-0.3, -0.25) is 0 Å². The number of hydrogen-bond acceptors (Lipinski definition) is 4. The molecule has 0 atom stereocenters. The van der Waals surface area contributed by atoms with Crippen molar-refractivity contribution in [3.05, 3.63) is 252 Å². The Morgan fingerprint density at radius 1 is 0.326 bits per heavy atom. The largest absolute Gasteiger partial charge is 0.311 e. The van der Waals surface area contributed by atoms with Crippen LogP contribution in [0.1, 0.15) is 157 Å². The number of nitrogens with zero attached hydrogens (tertiary/aromatic N) is 5. The lowest BCUT2D eigenvalue weighted by molar-refractivity contribution is 0.590. The van der Waals surface area contributed by atoms with E-state index in [4.69, 9.17) is 4.11 Å². The van der Waals surface area contributed by atoms with E-state index >= 15 is 0 Å². The van der Waals surface area contributed by atoms with Crippen molar-refractivity contribution < 1.29 is 52.1 Å². The molecule has 1 aromatic heterocycles. The highest BCUT2D eigenvalue weighted by molar-refractivity contribution is 7.00. The SMILES string of the molecule is [2H]c1c([2H])c([2H])c(N(c2c([2H])c([2H])c([2H])c([2H])c2[2H])c2c([2H])c3c4c(c2[2H])N2c5c(c([2H])c([2H])c([2H])c5-n5c6c([2H])c([2H])c(C(C)(C)C)c([2H])c6c6c([2H])c(C(C)(C)C)c([2H])c2c65)B4c2c([2H])c([2H])c(N(c4c([2H])c([2H])c(C(C)(C)C)c([2H])c4[2H])c4c([2H])c([2H])c(C(C)(C)C)c([2H])c4[2H])c([2H])c2N3c2c([2H])c([2H])c([2H])c3c([2H])c([2H])c([2H])c([2H])c23)c([2H])c1[2H]. The monoisotopic (exact) mass is 1150 g/mol. The van der Waals surface area contributed by atoms with E-state index in [0.29, 0.717) is 14.7 Å². The van der Waals surface area contributed by atoms with Crippen LogP contribution in [0.15, 0.2) is 230 Å². The first-order chi connectivity index (χ1) is 57.1. The van der Waals surface area contributed by atoms with Gasteiger partial charge in [0, 0.05) is 61.7 Å². The molecule has 0 amide bonds. The molecule has 0 bridgehead atoms. The van der Waals surface area contributed by atoms with Crippen LogP contribution in [0, 0.1) is 0 Å². The average molecular weight is 1150 g/mol. The van der Waals surface area contributed by atoms with Crippen molar-refractivity contribution in [1.29, 1.82) is 0 Å². The van der Waals surface area contributed by atoms with E-state index in [1.54, 1.807) is 83.1 Å². The van der Waals surface area contributed by atoms with Gasteiger partial charge in [0.25, 0.3) is 6.71 Å². The highest BCUT2D eigenvalue weighted by Crippen LogP contribution is 2.56. The van der Waals surface area contributed by atoms with Gasteiger partial charge in [-0.1, -0.05) is 204 Å². The van der Waals surface area contributed by atoms with E-state index in [0.717, 1.165) is 9.47 Å². The number of hydrogen-bond donors (Lipinski definition) is 0. The average Bonchev–Trinajstić information content (AvgIpc) is 1.28. The van der Waals surface area contributed by atoms with E-state index in [2.05, 4.69) is 0 Å². The molecule has 0 fully saturated rings. The summed E-state index contributed by atoms with van der Waals surface area (Å²) in [6.07, 6.45) is 0. The van der Waals surface area contributed by atoms with Gasteiger partial charge in [-0.05, 0) is 174 Å². The predicted octanol–water partition coefficient (Wildman–Crippen LogP) is 20.5. The van der Waals surface area contributed by atoms with E-state index in [1.165, 1.54) is 0 Å². The summed E-state index contributed by atoms with van der Waals surface area (Å²) in [7, 11) is 0. The van der Waals surface area contributed by atoms with E-state index in [1.807, 2.05) is 0 Å². The zero-order valence-corrected chi connectivity index (χ0v) is 48.8. The van der Waals surface area contributed by atoms with Gasteiger partial charge < -0.3 is 24.2 Å². The fourth-order valence-electron chi connectivity index (χ4n) is 11.1. The Bertz CT molecular complexity index is 6770. The molecule has 3 aliphatic rings. The standard InChI is InChI=1S/C80H74BN5/c1-77(2,3)52-33-38-58(39-34-52)82(59-40-35-53(36-41-59)78(4,5)6)60-42-43-65-70(48-60)84(67-31-21-24-51-23-19-20-29-62(51)67)71-49-61(83(56-25-15-13-16-26-56)57-27-17-14-18-28-57)50-72-74(71)81(65)66-30-22-32-69-76(66)86(72)73-47-55(80(10,11)12)46-64-63-45-54(79(7,8)9)37-44-68(63)85(69)75(64)73/h13-50H,1-12H3/i13D,14D,15D,16D,17D,18D,19D,20D,21D,22D,23D,24D,25D,26D,27D,28D,29D,30D,31D,32D,33D,34D,35D,36D,37D,38D,39D,40D,41D,42D,43D,44D,45D,46D,47D,48D,49D,50D. The molecular weight excluding hydrogens is 1040 g/mol. The molecule has 0 unspecified atom stereocenters. The smallest absolute Gasteiger partial charge is 0.252 e. The third kappa shape index (κ3) is 8.42. The lowest BCUT2D eigenvalue weighted by Gasteiger charge is -2.47. The number of para-hydroxylation sites is 3. The molecule has 0 saturated carbocycles. The molecular formula is C80H74BN5. The molecule has 6 heteroatoms. The van der Waals surface area contributed by atoms with Crippen molar-refractivity contribution in [3.63, 3.8) is 0 Å². The Morgan fingerprint density at radius 2 is 0.814 bits per heavy atom. The second-order valence-corrected chi connectivity index (χ2v) is 25.3. The molecule has 86 heavy (non-hydrogen) atoms. The van der Waals surface area contributed by atoms with Gasteiger partial charge in [0.2, 0.25) is 0 Å². The van der Waals surface area contributed by atoms with Gasteiger partial charge in [-0.2, -0.15) is 0 Å². The molecule has 5 nitrogen and oxygen atoms in total. The van der Waals surface area contributed by atoms with Crippen molar-refractivity contribution in [1.82, 2.24) is 4.57 Å². The van der Waals surface area contributed by atoms with Crippen molar-refractivity contribution in [2.45, 2.75) is 105 Å². The highest BCUT2D eigenvalue weighted by atomic mass is 15.2. The number of benzene rings is 11. The quantitative estimate of drug-likeness (QED) is 0.148. The molecule has 12 aromatic rings. The maximum absolute atomic E-state index is 11.6. The van der Waals surface area contributed by atoms with Crippen LogP contribution in [0.4, 0.5) is 68.2 Å². The minimum absolute atomic E-state index is 0.0506. The first kappa shape index (κ1) is 26.6. The highest BCUT2D eigenvalue weighted by Gasteiger charge is 2.47. The number of anilines is 12. The van der Waals surface area contributed by atoms with Crippen LogP contribution in [0.3, 0.4) is 0 Å². The molecule has 0 N–H and O–H groups in total. The Hall–Kier alpha value is -9.26. The number of rotatable bonds is 7. The molecule has 0 saturated heterocycles. The van der Waals surface area contributed by atoms with Gasteiger partial charge in [-0.15, -0.1) is 0 Å². The van der Waals surface area contributed by atoms with Crippen molar-refractivity contribution >= 4 is 124 Å². The summed E-state index contributed by atoms with van der Waals surface area (Å²) in [5.74, 6) is 0. The molecule has 3 aliphatic heterocycles. The molecule has 0 aliphatic carbocycles. The molecule has 422 valence electrons. The summed E-state index contributed by atoms with van der Waals surface area (Å²) >= 11 is 0. The van der Waals surface area contributed by atoms with E-state index < -0.39 is 370 Å². The molecule has 0 radical (unpaired) electrons. The van der Waals surface area contributed by atoms with Crippen LogP contribution in [0.5, 0.6) is 0 Å². The molecule has 4 heterocycles. The maximum atomic E-state index is 11.6. The van der Waals surface area contributed by atoms with Crippen molar-refractivity contribution in [2.24, 2.45) is 0 Å². The normalized spacial score (nSPS) is 19.7. The topological polar surface area (TPSA) is 17.9 Å². The van der Waals surface area contributed by atoms with Crippen LogP contribution in [-0.4, -0.2) is 11.3 Å². The third-order valence-electron chi connectivity index (χ3n) is 15.4. The van der Waals surface area contributed by atoms with Gasteiger partial charge in [0.05, 0.1) is 91.6 Å². The van der Waals surface area contributed by atoms with Crippen LogP contribution < -0.4 is 36.0 Å². The van der Waals surface area contributed by atoms with Crippen LogP contribution in [0.25, 0.3) is 38.3 Å². The summed E-state index contributed by atoms with van der Waals surface area (Å²) in [5, 5.41) is -2.41. The van der Waals surface area contributed by atoms with Crippen LogP contribution in [-0.2, 0) is 21.7 Å². The second-order valence-electron chi connectivity index (χ2n) is 25.3. The lowest BCUT2D eigenvalue weighted by Crippen LogP contribution is -2.61. The van der Waals surface area contributed by atoms with Crippen LogP contribution in [0.2, 0.25) is 0 Å². The van der Waals surface area contributed by atoms with Crippen LogP contribution >= 0.6 is 0 Å². The summed E-state index contributed by atoms with van der Waals surface area (Å²) in [6.45, 7) is 16.6. The van der Waals surface area contributed by atoms with Crippen molar-refractivity contribution in [2.75, 3.05) is 19.6 Å². The zero-order chi connectivity index (χ0) is 92.4. The van der Waals surface area contributed by atoms with Gasteiger partial charge >= 0.3 is 0 Å². The summed E-state index contributed by atoms with van der Waals surface area (Å²) in [6, 6.07) is -40.3. The Morgan fingerprint density at radius 3 is 1.43 bits per heavy atom. The Kier molecular flexibility index (Phi) is 5.91. The number of fused-ring (bicyclic) bond motifs is 10. The minimum atomic E-state index is -2.43. The molecule has 11 aromatic carbocycles. The summed E-state index contributed by atoms with van der Waals surface area (Å²) in [5.41, 5.74) is -22.1. The van der Waals surface area contributed by atoms with E-state index in [9.17, 15) is 48.0 Å². The zero-order valence-electron chi connectivity index (χ0n) is 86.8. The second kappa shape index (κ2) is 19.1. The summed E-state index contributed by atoms with van der Waals surface area (Å²) in [4.78, 5) is 2.48. The first-order valence-electron chi connectivity index (χ1n) is 46.7. The number of aromatic nitrogens is 1. The van der Waals surface area contributed by atoms with Gasteiger partial charge in [0.15, 0.2) is 0 Å². The van der Waals surface area contributed by atoms with Gasteiger partial charge in [0.1, 0.15) is 0 Å². The minimum Gasteiger partial charge on any atom is -0.311 e. The third-order valence-corrected chi connectivity index (χ3v) is 15.4. The fraction of sp³-hybridized carbons (Fsp3) is 0.200. The van der Waals surface area contributed by atoms with Crippen molar-refractivity contribution in [3.8, 4) is 5.69 Å².